The largest absolute Gasteiger partial charge is 0.497 e. The molecule has 0 heterocycles. The van der Waals surface area contributed by atoms with Crippen LogP contribution in [-0.2, 0) is 10.0 Å². The van der Waals surface area contributed by atoms with Crippen LogP contribution >= 0.6 is 0 Å². The van der Waals surface area contributed by atoms with Crippen LogP contribution in [0.2, 0.25) is 0 Å². The number of hydrogen-bond donors (Lipinski definition) is 0. The second kappa shape index (κ2) is 6.98. The molecule has 2 aromatic carbocycles. The molecule has 2 aromatic rings. The summed E-state index contributed by atoms with van der Waals surface area (Å²) in [5.41, 5.74) is 0.401. The molecule has 0 spiro atoms. The molecule has 0 N–H and O–H groups in total. The van der Waals surface area contributed by atoms with Crippen molar-refractivity contribution in [1.82, 2.24) is 0 Å². The quantitative estimate of drug-likeness (QED) is 0.576. The van der Waals surface area contributed by atoms with Crippen LogP contribution in [0.4, 0.5) is 11.4 Å². The summed E-state index contributed by atoms with van der Waals surface area (Å²) < 4.78 is 37.3. The van der Waals surface area contributed by atoms with Crippen molar-refractivity contribution in [3.05, 3.63) is 52.1 Å². The molecule has 0 aliphatic rings. The summed E-state index contributed by atoms with van der Waals surface area (Å²) in [6, 6.07) is 8.43. The van der Waals surface area contributed by atoms with Crippen molar-refractivity contribution in [2.24, 2.45) is 0 Å². The molecule has 0 radical (unpaired) electrons. The Labute approximate surface area is 145 Å². The lowest BCUT2D eigenvalue weighted by atomic mass is 10.2. The predicted molar refractivity (Wildman–Crippen MR) is 93.0 cm³/mol. The minimum absolute atomic E-state index is 0.137. The van der Waals surface area contributed by atoms with Gasteiger partial charge in [0.1, 0.15) is 11.5 Å². The van der Waals surface area contributed by atoms with Crippen molar-refractivity contribution in [2.45, 2.75) is 11.8 Å². The van der Waals surface area contributed by atoms with Gasteiger partial charge in [0.25, 0.3) is 15.7 Å². The third-order valence-electron chi connectivity index (χ3n) is 3.75. The van der Waals surface area contributed by atoms with Crippen molar-refractivity contribution in [3.63, 3.8) is 0 Å². The summed E-state index contributed by atoms with van der Waals surface area (Å²) >= 11 is 0. The second-order valence-corrected chi connectivity index (χ2v) is 7.15. The van der Waals surface area contributed by atoms with E-state index in [9.17, 15) is 18.5 Å². The summed E-state index contributed by atoms with van der Waals surface area (Å²) in [7, 11) is 0.238. The van der Waals surface area contributed by atoms with E-state index in [1.54, 1.807) is 25.1 Å². The molecule has 0 saturated heterocycles. The Morgan fingerprint density at radius 3 is 2.32 bits per heavy atom. The third kappa shape index (κ3) is 3.50. The van der Waals surface area contributed by atoms with Gasteiger partial charge in [-0.1, -0.05) is 6.07 Å². The van der Waals surface area contributed by atoms with Gasteiger partial charge in [-0.2, -0.15) is 0 Å². The standard InChI is InChI=1S/C16H18N2O6S/c1-11-5-6-12(18(19)20)9-16(11)25(21,22)17(2)14-8-7-13(23-3)10-15(14)24-4/h5-10H,1-4H3. The minimum Gasteiger partial charge on any atom is -0.497 e. The number of sulfonamides is 1. The van der Waals surface area contributed by atoms with Gasteiger partial charge in [-0.15, -0.1) is 0 Å². The Hall–Kier alpha value is -2.81. The van der Waals surface area contributed by atoms with Crippen LogP contribution in [0.3, 0.4) is 0 Å². The summed E-state index contributed by atoms with van der Waals surface area (Å²) in [5, 5.41) is 11.0. The Morgan fingerprint density at radius 1 is 1.08 bits per heavy atom. The van der Waals surface area contributed by atoms with E-state index in [1.165, 1.54) is 33.4 Å². The molecule has 0 aliphatic carbocycles. The highest BCUT2D eigenvalue weighted by molar-refractivity contribution is 7.92. The van der Waals surface area contributed by atoms with Crippen LogP contribution in [0.15, 0.2) is 41.3 Å². The second-order valence-electron chi connectivity index (χ2n) is 5.22. The van der Waals surface area contributed by atoms with Crippen molar-refractivity contribution in [1.29, 1.82) is 0 Å². The Balaban J connectivity index is 2.57. The third-order valence-corrected chi connectivity index (χ3v) is 5.66. The number of ether oxygens (including phenoxy) is 2. The topological polar surface area (TPSA) is 99.0 Å². The predicted octanol–water partition coefficient (Wildman–Crippen LogP) is 2.75. The van der Waals surface area contributed by atoms with Crippen LogP contribution in [0.1, 0.15) is 5.56 Å². The molecular weight excluding hydrogens is 348 g/mol. The summed E-state index contributed by atoms with van der Waals surface area (Å²) in [4.78, 5) is 10.2. The number of methoxy groups -OCH3 is 2. The average molecular weight is 366 g/mol. The molecule has 0 amide bonds. The van der Waals surface area contributed by atoms with E-state index in [-0.39, 0.29) is 16.3 Å². The van der Waals surface area contributed by atoms with Crippen LogP contribution in [0.25, 0.3) is 0 Å². The molecule has 0 unspecified atom stereocenters. The summed E-state index contributed by atoms with van der Waals surface area (Å²) in [6.07, 6.45) is 0. The highest BCUT2D eigenvalue weighted by Gasteiger charge is 2.27. The van der Waals surface area contributed by atoms with Crippen LogP contribution < -0.4 is 13.8 Å². The van der Waals surface area contributed by atoms with Gasteiger partial charge in [-0.05, 0) is 24.6 Å². The smallest absolute Gasteiger partial charge is 0.270 e. The number of hydrogen-bond acceptors (Lipinski definition) is 6. The first kappa shape index (κ1) is 18.5. The Morgan fingerprint density at radius 2 is 1.76 bits per heavy atom. The molecule has 0 aliphatic heterocycles. The zero-order chi connectivity index (χ0) is 18.8. The molecule has 0 aromatic heterocycles. The zero-order valence-corrected chi connectivity index (χ0v) is 15.0. The van der Waals surface area contributed by atoms with Gasteiger partial charge in [0.05, 0.1) is 29.7 Å². The number of nitro benzene ring substituents is 1. The van der Waals surface area contributed by atoms with Gasteiger partial charge in [0.2, 0.25) is 0 Å². The molecule has 2 rings (SSSR count). The maximum atomic E-state index is 13.0. The molecule has 25 heavy (non-hydrogen) atoms. The van der Waals surface area contributed by atoms with Gasteiger partial charge in [0.15, 0.2) is 0 Å². The number of benzene rings is 2. The molecule has 0 fully saturated rings. The lowest BCUT2D eigenvalue weighted by Crippen LogP contribution is -2.27. The fourth-order valence-electron chi connectivity index (χ4n) is 2.30. The molecule has 0 saturated carbocycles. The number of aryl methyl sites for hydroxylation is 1. The van der Waals surface area contributed by atoms with Gasteiger partial charge < -0.3 is 9.47 Å². The minimum atomic E-state index is -4.02. The van der Waals surface area contributed by atoms with E-state index in [1.807, 2.05) is 0 Å². The lowest BCUT2D eigenvalue weighted by Gasteiger charge is -2.22. The Kier molecular flexibility index (Phi) is 5.17. The van der Waals surface area contributed by atoms with Gasteiger partial charge in [-0.25, -0.2) is 8.42 Å². The Bertz CT molecular complexity index is 911. The van der Waals surface area contributed by atoms with E-state index in [0.717, 1.165) is 10.4 Å². The fourth-order valence-corrected chi connectivity index (χ4v) is 3.75. The summed E-state index contributed by atoms with van der Waals surface area (Å²) in [5.74, 6) is 0.812. The first-order valence-corrected chi connectivity index (χ1v) is 8.62. The lowest BCUT2D eigenvalue weighted by molar-refractivity contribution is -0.385. The normalized spacial score (nSPS) is 11.0. The number of anilines is 1. The first-order valence-electron chi connectivity index (χ1n) is 7.18. The molecule has 134 valence electrons. The molecule has 8 nitrogen and oxygen atoms in total. The molecule has 9 heteroatoms. The van der Waals surface area contributed by atoms with Crippen molar-refractivity contribution >= 4 is 21.4 Å². The van der Waals surface area contributed by atoms with Crippen LogP contribution in [0, 0.1) is 17.0 Å². The first-order chi connectivity index (χ1) is 11.7. The van der Waals surface area contributed by atoms with Gasteiger partial charge >= 0.3 is 0 Å². The van der Waals surface area contributed by atoms with Crippen LogP contribution in [0.5, 0.6) is 11.5 Å². The molecule has 0 bridgehead atoms. The SMILES string of the molecule is COc1ccc(N(C)S(=O)(=O)c2cc([N+](=O)[O-])ccc2C)c(OC)c1. The highest BCUT2D eigenvalue weighted by atomic mass is 32.2. The van der Waals surface area contributed by atoms with Gasteiger partial charge in [-0.3, -0.25) is 14.4 Å². The van der Waals surface area contributed by atoms with Crippen molar-refractivity contribution in [2.75, 3.05) is 25.6 Å². The molecule has 0 atom stereocenters. The maximum absolute atomic E-state index is 13.0. The van der Waals surface area contributed by atoms with Crippen molar-refractivity contribution in [3.8, 4) is 11.5 Å². The van der Waals surface area contributed by atoms with E-state index in [4.69, 9.17) is 9.47 Å². The fraction of sp³-hybridized carbons (Fsp3) is 0.250. The van der Waals surface area contributed by atoms with Gasteiger partial charge in [0, 0.05) is 25.2 Å². The van der Waals surface area contributed by atoms with Crippen molar-refractivity contribution < 1.29 is 22.8 Å². The average Bonchev–Trinajstić information content (AvgIpc) is 2.60. The van der Waals surface area contributed by atoms with E-state index < -0.39 is 14.9 Å². The monoisotopic (exact) mass is 366 g/mol. The van der Waals surface area contributed by atoms with Crippen LogP contribution in [-0.4, -0.2) is 34.6 Å². The summed E-state index contributed by atoms with van der Waals surface area (Å²) in [6.45, 7) is 1.58. The number of nitro groups is 1. The van der Waals surface area contributed by atoms with E-state index >= 15 is 0 Å². The number of rotatable bonds is 6. The number of non-ortho nitro benzene ring substituents is 1. The zero-order valence-electron chi connectivity index (χ0n) is 14.2. The number of nitrogens with zero attached hydrogens (tertiary/aromatic N) is 2. The molecular formula is C16H18N2O6S. The van der Waals surface area contributed by atoms with E-state index in [2.05, 4.69) is 0 Å². The highest BCUT2D eigenvalue weighted by Crippen LogP contribution is 2.35. The maximum Gasteiger partial charge on any atom is 0.270 e. The van der Waals surface area contributed by atoms with E-state index in [0.29, 0.717) is 17.1 Å².